The predicted octanol–water partition coefficient (Wildman–Crippen LogP) is 7.71. The van der Waals surface area contributed by atoms with Crippen molar-refractivity contribution in [2.75, 3.05) is 12.4 Å². The summed E-state index contributed by atoms with van der Waals surface area (Å²) < 4.78 is 28.6. The molecule has 0 amide bonds. The molecule has 9 nitrogen and oxygen atoms in total. The maximum Gasteiger partial charge on any atom is 0.164 e. The molecule has 2 aromatic carbocycles. The molecule has 5 atom stereocenters. The lowest BCUT2D eigenvalue weighted by atomic mass is 9.92. The number of ether oxygens (including phenoxy) is 4. The van der Waals surface area contributed by atoms with Crippen molar-refractivity contribution in [2.24, 2.45) is 5.92 Å². The van der Waals surface area contributed by atoms with Gasteiger partial charge in [0.25, 0.3) is 0 Å². The number of nitrogens with zero attached hydrogens (tertiary/aromatic N) is 4. The summed E-state index contributed by atoms with van der Waals surface area (Å²) in [6, 6.07) is 18.2. The van der Waals surface area contributed by atoms with Gasteiger partial charge in [-0.3, -0.25) is 0 Å². The molecular formula is C34H33BrClN5O4. The Morgan fingerprint density at radius 3 is 2.73 bits per heavy atom. The number of pyridine rings is 1. The summed E-state index contributed by atoms with van der Waals surface area (Å²) in [5.41, 5.74) is 2.36. The number of methoxy groups -OCH3 is 1. The minimum atomic E-state index is -0.693. The van der Waals surface area contributed by atoms with E-state index in [1.54, 1.807) is 7.11 Å². The summed E-state index contributed by atoms with van der Waals surface area (Å²) in [6.07, 6.45) is 5.98. The van der Waals surface area contributed by atoms with E-state index in [4.69, 9.17) is 35.5 Å². The zero-order valence-corrected chi connectivity index (χ0v) is 27.5. The van der Waals surface area contributed by atoms with Crippen molar-refractivity contribution in [1.29, 1.82) is 0 Å². The highest BCUT2D eigenvalue weighted by Gasteiger charge is 2.69. The number of hydrogen-bond acceptors (Lipinski definition) is 8. The van der Waals surface area contributed by atoms with Crippen LogP contribution in [0.25, 0.3) is 21.9 Å². The molecule has 3 aromatic heterocycles. The smallest absolute Gasteiger partial charge is 0.164 e. The van der Waals surface area contributed by atoms with Crippen LogP contribution in [0.4, 0.5) is 5.82 Å². The first-order valence-corrected chi connectivity index (χ1v) is 16.4. The lowest BCUT2D eigenvalue weighted by Gasteiger charge is -2.30. The van der Waals surface area contributed by atoms with Gasteiger partial charge in [0, 0.05) is 30.1 Å². The van der Waals surface area contributed by atoms with Crippen molar-refractivity contribution in [3.8, 4) is 11.5 Å². The van der Waals surface area contributed by atoms with Crippen LogP contribution >= 0.6 is 27.5 Å². The monoisotopic (exact) mass is 689 g/mol. The van der Waals surface area contributed by atoms with Crippen molar-refractivity contribution < 1.29 is 18.9 Å². The minimum absolute atomic E-state index is 0.0293. The van der Waals surface area contributed by atoms with E-state index in [9.17, 15) is 0 Å². The Morgan fingerprint density at radius 1 is 1.09 bits per heavy atom. The molecule has 3 fully saturated rings. The van der Waals surface area contributed by atoms with Gasteiger partial charge in [0.1, 0.15) is 52.3 Å². The van der Waals surface area contributed by atoms with Gasteiger partial charge in [-0.25, -0.2) is 15.0 Å². The quantitative estimate of drug-likeness (QED) is 0.174. The number of fused-ring (bicyclic) bond motifs is 2. The van der Waals surface area contributed by atoms with Gasteiger partial charge in [0.15, 0.2) is 5.79 Å². The Morgan fingerprint density at radius 2 is 1.91 bits per heavy atom. The van der Waals surface area contributed by atoms with Crippen molar-refractivity contribution in [3.63, 3.8) is 0 Å². The average molecular weight is 691 g/mol. The van der Waals surface area contributed by atoms with Crippen LogP contribution < -0.4 is 14.8 Å². The van der Waals surface area contributed by atoms with Crippen LogP contribution in [-0.4, -0.2) is 50.2 Å². The molecular weight excluding hydrogens is 658 g/mol. The Kier molecular flexibility index (Phi) is 6.98. The molecule has 11 heteroatoms. The van der Waals surface area contributed by atoms with Crippen molar-refractivity contribution in [1.82, 2.24) is 19.5 Å². The number of benzene rings is 2. The number of aromatic nitrogens is 4. The normalized spacial score (nSPS) is 26.7. The van der Waals surface area contributed by atoms with Crippen LogP contribution in [0.5, 0.6) is 11.5 Å². The SMILES string of the molecule is COc1ccc(CNc2nc3cc(O[C@H]4CC[C@]56OC(C)(C)O[C@H]5[C@H](n5ccc7c(Cl)ncnc75)C[C@H]46)ccc3cc2Br)cc1. The van der Waals surface area contributed by atoms with Crippen LogP contribution in [-0.2, 0) is 16.0 Å². The minimum Gasteiger partial charge on any atom is -0.497 e. The number of hydrogen-bond donors (Lipinski definition) is 1. The molecule has 45 heavy (non-hydrogen) atoms. The standard InChI is InChI=1S/C34H33BrClN5O4/c1-33(2)44-29-27(41-13-11-23-30(36)38-18-39-32(23)41)16-24-28(10-12-34(24,29)45-33)43-22-9-6-20-14-25(35)31(40-26(20)15-22)37-17-19-4-7-21(42-3)8-5-19/h4-9,11,13-15,18,24,27-29H,10,12,16-17H2,1-3H3,(H,37,40)/t24-,27-,28+,29+,34-/m1/s1. The molecule has 0 radical (unpaired) electrons. The van der Waals surface area contributed by atoms with Gasteiger partial charge in [-0.1, -0.05) is 23.7 Å². The van der Waals surface area contributed by atoms with E-state index >= 15 is 0 Å². The third kappa shape index (κ3) is 4.93. The van der Waals surface area contributed by atoms with Crippen LogP contribution in [0.3, 0.4) is 0 Å². The van der Waals surface area contributed by atoms with E-state index < -0.39 is 11.4 Å². The fourth-order valence-electron chi connectivity index (χ4n) is 7.66. The maximum absolute atomic E-state index is 6.79. The number of nitrogens with one attached hydrogen (secondary N) is 1. The van der Waals surface area contributed by atoms with E-state index in [-0.39, 0.29) is 24.2 Å². The fraction of sp³-hybridized carbons (Fsp3) is 0.382. The Balaban J connectivity index is 1.05. The second-order valence-corrected chi connectivity index (χ2v) is 13.8. The van der Waals surface area contributed by atoms with Gasteiger partial charge in [-0.15, -0.1) is 0 Å². The molecule has 0 bridgehead atoms. The highest BCUT2D eigenvalue weighted by Crippen LogP contribution is 2.61. The van der Waals surface area contributed by atoms with Crippen molar-refractivity contribution in [3.05, 3.63) is 82.3 Å². The summed E-state index contributed by atoms with van der Waals surface area (Å²) >= 11 is 10.1. The van der Waals surface area contributed by atoms with Gasteiger partial charge in [0.2, 0.25) is 0 Å². The average Bonchev–Trinajstić information content (AvgIpc) is 3.74. The Hall–Kier alpha value is -3.44. The summed E-state index contributed by atoms with van der Waals surface area (Å²) in [6.45, 7) is 4.64. The van der Waals surface area contributed by atoms with Crippen LogP contribution in [0.2, 0.25) is 5.15 Å². The summed E-state index contributed by atoms with van der Waals surface area (Å²) in [5, 5.41) is 5.78. The Bertz CT molecular complexity index is 1920. The third-order valence-electron chi connectivity index (χ3n) is 9.54. The molecule has 3 aliphatic rings. The maximum atomic E-state index is 6.79. The highest BCUT2D eigenvalue weighted by molar-refractivity contribution is 9.10. The zero-order chi connectivity index (χ0) is 30.9. The number of anilines is 1. The van der Waals surface area contributed by atoms with E-state index in [1.165, 1.54) is 6.33 Å². The molecule has 5 aromatic rings. The van der Waals surface area contributed by atoms with Gasteiger partial charge in [-0.05, 0) is 91.0 Å². The predicted molar refractivity (Wildman–Crippen MR) is 176 cm³/mol. The van der Waals surface area contributed by atoms with Gasteiger partial charge in [-0.2, -0.15) is 0 Å². The fourth-order valence-corrected chi connectivity index (χ4v) is 8.33. The van der Waals surface area contributed by atoms with Gasteiger partial charge < -0.3 is 28.8 Å². The highest BCUT2D eigenvalue weighted by atomic mass is 79.9. The zero-order valence-electron chi connectivity index (χ0n) is 25.2. The lowest BCUT2D eigenvalue weighted by molar-refractivity contribution is -0.178. The first kappa shape index (κ1) is 29.0. The summed E-state index contributed by atoms with van der Waals surface area (Å²) in [5.74, 6) is 1.85. The summed E-state index contributed by atoms with van der Waals surface area (Å²) in [4.78, 5) is 13.7. The van der Waals surface area contributed by atoms with Crippen LogP contribution in [0, 0.1) is 5.92 Å². The molecule has 2 saturated carbocycles. The first-order valence-electron chi connectivity index (χ1n) is 15.2. The number of rotatable bonds is 7. The lowest BCUT2D eigenvalue weighted by Crippen LogP contribution is -2.42. The largest absolute Gasteiger partial charge is 0.497 e. The van der Waals surface area contributed by atoms with Crippen LogP contribution in [0.15, 0.2) is 71.6 Å². The molecule has 0 unspecified atom stereocenters. The molecule has 2 aliphatic carbocycles. The molecule has 1 N–H and O–H groups in total. The number of halogens is 2. The van der Waals surface area contributed by atoms with Crippen molar-refractivity contribution >= 4 is 55.3 Å². The van der Waals surface area contributed by atoms with E-state index in [0.29, 0.717) is 11.7 Å². The molecule has 1 saturated heterocycles. The summed E-state index contributed by atoms with van der Waals surface area (Å²) in [7, 11) is 1.67. The Labute approximate surface area is 274 Å². The van der Waals surface area contributed by atoms with Gasteiger partial charge >= 0.3 is 0 Å². The topological polar surface area (TPSA) is 92.6 Å². The van der Waals surface area contributed by atoms with E-state index in [2.05, 4.69) is 47.9 Å². The molecule has 1 spiro atoms. The molecule has 232 valence electrons. The van der Waals surface area contributed by atoms with Gasteiger partial charge in [0.05, 0.1) is 28.5 Å². The van der Waals surface area contributed by atoms with E-state index in [1.807, 2.05) is 62.5 Å². The third-order valence-corrected chi connectivity index (χ3v) is 10.4. The molecule has 1 aliphatic heterocycles. The molecule has 8 rings (SSSR count). The first-order chi connectivity index (χ1) is 21.7. The van der Waals surface area contributed by atoms with Crippen LogP contribution in [0.1, 0.15) is 44.7 Å². The molecule has 4 heterocycles. The second-order valence-electron chi connectivity index (χ2n) is 12.6. The van der Waals surface area contributed by atoms with E-state index in [0.717, 1.165) is 68.6 Å². The van der Waals surface area contributed by atoms with Crippen molar-refractivity contribution in [2.45, 2.75) is 69.3 Å². The second kappa shape index (κ2) is 10.8.